The third-order valence-corrected chi connectivity index (χ3v) is 2.49. The van der Waals surface area contributed by atoms with Crippen molar-refractivity contribution in [2.45, 2.75) is 33.3 Å². The van der Waals surface area contributed by atoms with E-state index in [1.807, 2.05) is 0 Å². The molecule has 0 saturated carbocycles. The predicted molar refractivity (Wildman–Crippen MR) is 38.4 cm³/mol. The van der Waals surface area contributed by atoms with Gasteiger partial charge in [-0.2, -0.15) is 0 Å². The van der Waals surface area contributed by atoms with E-state index in [1.165, 1.54) is 6.42 Å². The molecule has 0 bridgehead atoms. The molecule has 3 unspecified atom stereocenters. The van der Waals surface area contributed by atoms with Crippen LogP contribution in [0, 0.1) is 11.8 Å². The summed E-state index contributed by atoms with van der Waals surface area (Å²) in [5, 5.41) is 0. The molecular formula is C8H16O. The van der Waals surface area contributed by atoms with E-state index in [4.69, 9.17) is 4.74 Å². The van der Waals surface area contributed by atoms with Gasteiger partial charge in [0.25, 0.3) is 0 Å². The first-order valence-electron chi connectivity index (χ1n) is 3.87. The lowest BCUT2D eigenvalue weighted by molar-refractivity contribution is 0.273. The first kappa shape index (κ1) is 7.07. The van der Waals surface area contributed by atoms with Gasteiger partial charge < -0.3 is 4.74 Å². The first-order valence-corrected chi connectivity index (χ1v) is 3.87. The highest BCUT2D eigenvalue weighted by molar-refractivity contribution is 4.78. The molecule has 1 fully saturated rings. The molecule has 0 aromatic heterocycles. The molecule has 0 amide bonds. The van der Waals surface area contributed by atoms with Crippen molar-refractivity contribution >= 4 is 0 Å². The lowest BCUT2D eigenvalue weighted by atomic mass is 9.91. The quantitative estimate of drug-likeness (QED) is 0.530. The molecule has 9 heavy (non-hydrogen) atoms. The van der Waals surface area contributed by atoms with Crippen LogP contribution in [0.25, 0.3) is 0 Å². The maximum Gasteiger partial charge on any atom is 0.0837 e. The van der Waals surface area contributed by atoms with Gasteiger partial charge in [0.15, 0.2) is 0 Å². The van der Waals surface area contributed by atoms with Crippen LogP contribution in [0.15, 0.2) is 0 Å². The van der Waals surface area contributed by atoms with E-state index in [9.17, 15) is 0 Å². The van der Waals surface area contributed by atoms with Gasteiger partial charge in [-0.3, -0.25) is 0 Å². The molecule has 1 aliphatic heterocycles. The van der Waals surface area contributed by atoms with E-state index < -0.39 is 0 Å². The van der Waals surface area contributed by atoms with Crippen LogP contribution >= 0.6 is 0 Å². The molecule has 1 heteroatoms. The number of epoxide rings is 1. The van der Waals surface area contributed by atoms with Crippen molar-refractivity contribution in [2.24, 2.45) is 11.8 Å². The Kier molecular flexibility index (Phi) is 2.12. The maximum atomic E-state index is 5.19. The summed E-state index contributed by atoms with van der Waals surface area (Å²) in [5.41, 5.74) is 0. The molecule has 0 spiro atoms. The SMILES string of the molecule is CCC(C)C(C)C1CO1. The van der Waals surface area contributed by atoms with Gasteiger partial charge in [-0.1, -0.05) is 27.2 Å². The van der Waals surface area contributed by atoms with Crippen LogP contribution in [-0.2, 0) is 4.74 Å². The van der Waals surface area contributed by atoms with Gasteiger partial charge in [0.2, 0.25) is 0 Å². The summed E-state index contributed by atoms with van der Waals surface area (Å²) < 4.78 is 5.19. The van der Waals surface area contributed by atoms with Gasteiger partial charge in [-0.25, -0.2) is 0 Å². The summed E-state index contributed by atoms with van der Waals surface area (Å²) in [6.07, 6.45) is 1.88. The van der Waals surface area contributed by atoms with Gasteiger partial charge in [-0.05, 0) is 11.8 Å². The van der Waals surface area contributed by atoms with Gasteiger partial charge in [0, 0.05) is 0 Å². The standard InChI is InChI=1S/C8H16O/c1-4-6(2)7(3)8-5-9-8/h6-8H,4-5H2,1-3H3. The number of hydrogen-bond donors (Lipinski definition) is 0. The molecule has 0 radical (unpaired) electrons. The molecule has 1 rings (SSSR count). The molecule has 1 nitrogen and oxygen atoms in total. The van der Waals surface area contributed by atoms with Crippen molar-refractivity contribution in [1.82, 2.24) is 0 Å². The van der Waals surface area contributed by atoms with Crippen LogP contribution in [0.4, 0.5) is 0 Å². The summed E-state index contributed by atoms with van der Waals surface area (Å²) >= 11 is 0. The minimum Gasteiger partial charge on any atom is -0.373 e. The monoisotopic (exact) mass is 128 g/mol. The van der Waals surface area contributed by atoms with Crippen molar-refractivity contribution in [1.29, 1.82) is 0 Å². The number of rotatable bonds is 3. The Balaban J connectivity index is 2.22. The van der Waals surface area contributed by atoms with Gasteiger partial charge >= 0.3 is 0 Å². The Hall–Kier alpha value is -0.0400. The highest BCUT2D eigenvalue weighted by Gasteiger charge is 2.31. The predicted octanol–water partition coefficient (Wildman–Crippen LogP) is 2.07. The van der Waals surface area contributed by atoms with Crippen LogP contribution in [0.3, 0.4) is 0 Å². The summed E-state index contributed by atoms with van der Waals surface area (Å²) in [4.78, 5) is 0. The third-order valence-electron chi connectivity index (χ3n) is 2.49. The molecule has 1 aliphatic rings. The van der Waals surface area contributed by atoms with Crippen molar-refractivity contribution in [3.63, 3.8) is 0 Å². The summed E-state index contributed by atoms with van der Waals surface area (Å²) in [6, 6.07) is 0. The topological polar surface area (TPSA) is 12.5 Å². The molecule has 0 aliphatic carbocycles. The van der Waals surface area contributed by atoms with Crippen LogP contribution < -0.4 is 0 Å². The largest absolute Gasteiger partial charge is 0.373 e. The van der Waals surface area contributed by atoms with Gasteiger partial charge in [0.1, 0.15) is 0 Å². The minimum atomic E-state index is 0.597. The Labute approximate surface area is 57.4 Å². The van der Waals surface area contributed by atoms with Crippen LogP contribution in [0.2, 0.25) is 0 Å². The second-order valence-electron chi connectivity index (χ2n) is 3.12. The van der Waals surface area contributed by atoms with E-state index in [-0.39, 0.29) is 0 Å². The van der Waals surface area contributed by atoms with Crippen LogP contribution in [0.5, 0.6) is 0 Å². The van der Waals surface area contributed by atoms with Crippen LogP contribution in [0.1, 0.15) is 27.2 Å². The Bertz CT molecular complexity index is 86.6. The van der Waals surface area contributed by atoms with Gasteiger partial charge in [0.05, 0.1) is 12.7 Å². The van der Waals surface area contributed by atoms with E-state index in [2.05, 4.69) is 20.8 Å². The maximum absolute atomic E-state index is 5.19. The summed E-state index contributed by atoms with van der Waals surface area (Å²) in [7, 11) is 0. The average Bonchev–Trinajstić information content (AvgIpc) is 2.66. The van der Waals surface area contributed by atoms with Crippen molar-refractivity contribution in [2.75, 3.05) is 6.61 Å². The molecule has 54 valence electrons. The lowest BCUT2D eigenvalue weighted by Crippen LogP contribution is -2.12. The summed E-state index contributed by atoms with van der Waals surface area (Å²) in [5.74, 6) is 1.60. The second kappa shape index (κ2) is 2.70. The van der Waals surface area contributed by atoms with E-state index in [1.54, 1.807) is 0 Å². The molecule has 0 aromatic carbocycles. The average molecular weight is 128 g/mol. The molecule has 0 N–H and O–H groups in total. The first-order chi connectivity index (χ1) is 4.25. The Morgan fingerprint density at radius 3 is 2.44 bits per heavy atom. The normalized spacial score (nSPS) is 31.7. The smallest absolute Gasteiger partial charge is 0.0837 e. The zero-order chi connectivity index (χ0) is 6.85. The zero-order valence-corrected chi connectivity index (χ0v) is 6.55. The van der Waals surface area contributed by atoms with E-state index in [0.717, 1.165) is 18.4 Å². The highest BCUT2D eigenvalue weighted by atomic mass is 16.6. The minimum absolute atomic E-state index is 0.597. The number of hydrogen-bond acceptors (Lipinski definition) is 1. The van der Waals surface area contributed by atoms with E-state index in [0.29, 0.717) is 6.10 Å². The fourth-order valence-corrected chi connectivity index (χ4v) is 1.10. The van der Waals surface area contributed by atoms with Crippen molar-refractivity contribution in [3.05, 3.63) is 0 Å². The molecular weight excluding hydrogens is 112 g/mol. The highest BCUT2D eigenvalue weighted by Crippen LogP contribution is 2.27. The lowest BCUT2D eigenvalue weighted by Gasteiger charge is -2.14. The third kappa shape index (κ3) is 1.68. The van der Waals surface area contributed by atoms with Gasteiger partial charge in [-0.15, -0.1) is 0 Å². The molecule has 0 aromatic rings. The van der Waals surface area contributed by atoms with Crippen molar-refractivity contribution in [3.8, 4) is 0 Å². The molecule has 1 heterocycles. The van der Waals surface area contributed by atoms with E-state index >= 15 is 0 Å². The zero-order valence-electron chi connectivity index (χ0n) is 6.55. The Morgan fingerprint density at radius 1 is 1.56 bits per heavy atom. The van der Waals surface area contributed by atoms with Crippen molar-refractivity contribution < 1.29 is 4.74 Å². The Morgan fingerprint density at radius 2 is 2.11 bits per heavy atom. The summed E-state index contributed by atoms with van der Waals surface area (Å²) in [6.45, 7) is 7.83. The van der Waals surface area contributed by atoms with Crippen LogP contribution in [-0.4, -0.2) is 12.7 Å². The second-order valence-corrected chi connectivity index (χ2v) is 3.12. The fraction of sp³-hybridized carbons (Fsp3) is 1.00. The molecule has 3 atom stereocenters. The fourth-order valence-electron chi connectivity index (χ4n) is 1.10. The molecule has 1 saturated heterocycles. The number of ether oxygens (including phenoxy) is 1.